The van der Waals surface area contributed by atoms with Crippen LogP contribution in [0.3, 0.4) is 0 Å². The lowest BCUT2D eigenvalue weighted by atomic mass is 10.1. The molecular formula is C15H17NO4S. The van der Waals surface area contributed by atoms with Crippen molar-refractivity contribution >= 4 is 15.8 Å². The number of carbonyl (C=O) groups excluding carboxylic acids is 1. The second kappa shape index (κ2) is 5.86. The molecule has 1 aromatic rings. The van der Waals surface area contributed by atoms with Crippen molar-refractivity contribution in [1.82, 2.24) is 0 Å². The van der Waals surface area contributed by atoms with Gasteiger partial charge >= 0.3 is 5.97 Å². The Morgan fingerprint density at radius 3 is 2.62 bits per heavy atom. The van der Waals surface area contributed by atoms with Gasteiger partial charge in [-0.25, -0.2) is 8.42 Å². The van der Waals surface area contributed by atoms with Crippen LogP contribution in [-0.4, -0.2) is 27.2 Å². The average molecular weight is 307 g/mol. The fourth-order valence-corrected chi connectivity index (χ4v) is 4.59. The fraction of sp³-hybridized carbons (Fsp3) is 0.467. The molecule has 5 nitrogen and oxygen atoms in total. The van der Waals surface area contributed by atoms with Gasteiger partial charge < -0.3 is 4.74 Å². The molecule has 1 saturated carbocycles. The van der Waals surface area contributed by atoms with E-state index in [9.17, 15) is 13.2 Å². The SMILES string of the molecule is COC(=O)CC1(CS(=O)(=O)Cc2ccccc2C#N)CC1. The Kier molecular flexibility index (Phi) is 4.33. The lowest BCUT2D eigenvalue weighted by molar-refractivity contribution is -0.141. The van der Waals surface area contributed by atoms with Gasteiger partial charge in [0.1, 0.15) is 0 Å². The van der Waals surface area contributed by atoms with Gasteiger partial charge in [0, 0.05) is 0 Å². The van der Waals surface area contributed by atoms with E-state index in [0.29, 0.717) is 11.1 Å². The average Bonchev–Trinajstić information content (AvgIpc) is 3.17. The van der Waals surface area contributed by atoms with E-state index in [4.69, 9.17) is 5.26 Å². The Labute approximate surface area is 124 Å². The minimum absolute atomic E-state index is 0.0329. The smallest absolute Gasteiger partial charge is 0.306 e. The van der Waals surface area contributed by atoms with E-state index < -0.39 is 15.3 Å². The first-order valence-corrected chi connectivity index (χ1v) is 8.47. The molecule has 2 rings (SSSR count). The van der Waals surface area contributed by atoms with Gasteiger partial charge in [0.05, 0.1) is 36.7 Å². The van der Waals surface area contributed by atoms with Gasteiger partial charge in [-0.05, 0) is 29.9 Å². The van der Waals surface area contributed by atoms with Crippen LogP contribution in [0.25, 0.3) is 0 Å². The van der Waals surface area contributed by atoms with E-state index in [1.807, 2.05) is 6.07 Å². The summed E-state index contributed by atoms with van der Waals surface area (Å²) in [4.78, 5) is 11.4. The predicted octanol–water partition coefficient (Wildman–Crippen LogP) is 1.82. The van der Waals surface area contributed by atoms with Crippen molar-refractivity contribution in [3.63, 3.8) is 0 Å². The fourth-order valence-electron chi connectivity index (χ4n) is 2.44. The maximum atomic E-state index is 12.3. The Morgan fingerprint density at radius 1 is 1.38 bits per heavy atom. The lowest BCUT2D eigenvalue weighted by Crippen LogP contribution is -2.22. The number of methoxy groups -OCH3 is 1. The molecule has 1 aliphatic rings. The monoisotopic (exact) mass is 307 g/mol. The second-order valence-corrected chi connectivity index (χ2v) is 7.62. The number of hydrogen-bond donors (Lipinski definition) is 0. The van der Waals surface area contributed by atoms with Crippen LogP contribution in [0.1, 0.15) is 30.4 Å². The molecule has 112 valence electrons. The number of esters is 1. The van der Waals surface area contributed by atoms with E-state index in [2.05, 4.69) is 4.74 Å². The number of benzene rings is 1. The third kappa shape index (κ3) is 4.05. The zero-order valence-corrected chi connectivity index (χ0v) is 12.6. The number of carbonyl (C=O) groups is 1. The van der Waals surface area contributed by atoms with Crippen LogP contribution >= 0.6 is 0 Å². The maximum Gasteiger partial charge on any atom is 0.306 e. The van der Waals surface area contributed by atoms with Crippen LogP contribution in [0.4, 0.5) is 0 Å². The molecule has 0 bridgehead atoms. The van der Waals surface area contributed by atoms with Crippen molar-refractivity contribution in [2.45, 2.75) is 25.0 Å². The molecule has 0 unspecified atom stereocenters. The van der Waals surface area contributed by atoms with Crippen molar-refractivity contribution in [3.05, 3.63) is 35.4 Å². The Hall–Kier alpha value is -1.87. The zero-order valence-electron chi connectivity index (χ0n) is 11.8. The van der Waals surface area contributed by atoms with E-state index >= 15 is 0 Å². The summed E-state index contributed by atoms with van der Waals surface area (Å²) in [6.45, 7) is 0. The van der Waals surface area contributed by atoms with Crippen LogP contribution in [0.2, 0.25) is 0 Å². The Morgan fingerprint density at radius 2 is 2.05 bits per heavy atom. The van der Waals surface area contributed by atoms with E-state index in [0.717, 1.165) is 12.8 Å². The summed E-state index contributed by atoms with van der Waals surface area (Å²) in [6.07, 6.45) is 1.59. The Bertz CT molecular complexity index is 684. The van der Waals surface area contributed by atoms with Gasteiger partial charge in [-0.1, -0.05) is 18.2 Å². The van der Waals surface area contributed by atoms with Gasteiger partial charge in [-0.15, -0.1) is 0 Å². The highest BCUT2D eigenvalue weighted by Gasteiger charge is 2.47. The number of sulfone groups is 1. The topological polar surface area (TPSA) is 84.2 Å². The minimum atomic E-state index is -3.38. The minimum Gasteiger partial charge on any atom is -0.469 e. The van der Waals surface area contributed by atoms with Crippen LogP contribution in [0, 0.1) is 16.7 Å². The van der Waals surface area contributed by atoms with E-state index in [-0.39, 0.29) is 23.9 Å². The molecule has 21 heavy (non-hydrogen) atoms. The summed E-state index contributed by atoms with van der Waals surface area (Å²) in [5.41, 5.74) is 0.417. The molecule has 0 amide bonds. The lowest BCUT2D eigenvalue weighted by Gasteiger charge is -2.14. The van der Waals surface area contributed by atoms with Gasteiger partial charge in [0.25, 0.3) is 0 Å². The highest BCUT2D eigenvalue weighted by Crippen LogP contribution is 2.50. The molecule has 0 saturated heterocycles. The first-order chi connectivity index (χ1) is 9.90. The van der Waals surface area contributed by atoms with Crippen molar-refractivity contribution in [2.24, 2.45) is 5.41 Å². The summed E-state index contributed by atoms with van der Waals surface area (Å²) < 4.78 is 29.3. The molecular weight excluding hydrogens is 290 g/mol. The highest BCUT2D eigenvalue weighted by atomic mass is 32.2. The molecule has 6 heteroatoms. The molecule has 1 aromatic carbocycles. The predicted molar refractivity (Wildman–Crippen MR) is 76.9 cm³/mol. The molecule has 1 fully saturated rings. The third-order valence-corrected chi connectivity index (χ3v) is 5.55. The maximum absolute atomic E-state index is 12.3. The van der Waals surface area contributed by atoms with Crippen LogP contribution in [0.15, 0.2) is 24.3 Å². The quantitative estimate of drug-likeness (QED) is 0.748. The zero-order chi connectivity index (χ0) is 15.5. The van der Waals surface area contributed by atoms with Gasteiger partial charge in [-0.3, -0.25) is 4.79 Å². The first kappa shape index (κ1) is 15.5. The normalized spacial score (nSPS) is 16.0. The number of ether oxygens (including phenoxy) is 1. The summed E-state index contributed by atoms with van der Waals surface area (Å²) in [5.74, 6) is -0.575. The van der Waals surface area contributed by atoms with Crippen molar-refractivity contribution in [3.8, 4) is 6.07 Å². The number of hydrogen-bond acceptors (Lipinski definition) is 5. The molecule has 0 spiro atoms. The van der Waals surface area contributed by atoms with Crippen molar-refractivity contribution < 1.29 is 17.9 Å². The van der Waals surface area contributed by atoms with Crippen molar-refractivity contribution in [2.75, 3.05) is 12.9 Å². The summed E-state index contributed by atoms with van der Waals surface area (Å²) in [6, 6.07) is 8.67. The van der Waals surface area contributed by atoms with E-state index in [1.165, 1.54) is 7.11 Å². The second-order valence-electron chi connectivity index (χ2n) is 5.55. The highest BCUT2D eigenvalue weighted by molar-refractivity contribution is 7.90. The first-order valence-electron chi connectivity index (χ1n) is 6.65. The number of rotatable bonds is 6. The molecule has 0 aromatic heterocycles. The van der Waals surface area contributed by atoms with Crippen molar-refractivity contribution in [1.29, 1.82) is 5.26 Å². The third-order valence-electron chi connectivity index (χ3n) is 3.74. The van der Waals surface area contributed by atoms with Crippen LogP contribution < -0.4 is 0 Å². The van der Waals surface area contributed by atoms with Gasteiger partial charge in [-0.2, -0.15) is 5.26 Å². The summed E-state index contributed by atoms with van der Waals surface area (Å²) in [7, 11) is -2.07. The summed E-state index contributed by atoms with van der Waals surface area (Å²) in [5, 5.41) is 9.01. The molecule has 0 N–H and O–H groups in total. The van der Waals surface area contributed by atoms with Gasteiger partial charge in [0.2, 0.25) is 0 Å². The summed E-state index contributed by atoms with van der Waals surface area (Å²) >= 11 is 0. The molecule has 0 heterocycles. The van der Waals surface area contributed by atoms with Crippen LogP contribution in [-0.2, 0) is 25.1 Å². The molecule has 1 aliphatic carbocycles. The van der Waals surface area contributed by atoms with E-state index in [1.54, 1.807) is 24.3 Å². The number of nitriles is 1. The Balaban J connectivity index is 2.10. The molecule has 0 aliphatic heterocycles. The van der Waals surface area contributed by atoms with Crippen LogP contribution in [0.5, 0.6) is 0 Å². The van der Waals surface area contributed by atoms with Gasteiger partial charge in [0.15, 0.2) is 9.84 Å². The standard InChI is InChI=1S/C15H17NO4S/c1-20-14(17)8-15(6-7-15)11-21(18,19)10-13-5-3-2-4-12(13)9-16/h2-5H,6-8,10-11H2,1H3. The molecule has 0 radical (unpaired) electrons. The molecule has 0 atom stereocenters. The number of nitrogens with zero attached hydrogens (tertiary/aromatic N) is 1. The largest absolute Gasteiger partial charge is 0.469 e.